The van der Waals surface area contributed by atoms with Crippen LogP contribution in [0.25, 0.3) is 0 Å². The summed E-state index contributed by atoms with van der Waals surface area (Å²) in [5, 5.41) is 2.69. The Morgan fingerprint density at radius 3 is 2.31 bits per heavy atom. The molecule has 7 nitrogen and oxygen atoms in total. The van der Waals surface area contributed by atoms with Gasteiger partial charge >= 0.3 is 6.18 Å². The van der Waals surface area contributed by atoms with E-state index in [0.717, 1.165) is 30.8 Å². The van der Waals surface area contributed by atoms with Gasteiger partial charge < -0.3 is 19.9 Å². The van der Waals surface area contributed by atoms with Gasteiger partial charge in [0.2, 0.25) is 5.91 Å². The molecule has 2 aliphatic heterocycles. The highest BCUT2D eigenvalue weighted by atomic mass is 19.4. The number of hydrogen-bond donors (Lipinski definition) is 1. The number of carbonyl (C=O) groups excluding carboxylic acids is 1. The van der Waals surface area contributed by atoms with Crippen molar-refractivity contribution in [2.75, 3.05) is 49.2 Å². The van der Waals surface area contributed by atoms with E-state index in [1.807, 2.05) is 6.07 Å². The lowest BCUT2D eigenvalue weighted by Crippen LogP contribution is -2.41. The molecule has 2 aliphatic rings. The fourth-order valence-corrected chi connectivity index (χ4v) is 4.12. The van der Waals surface area contributed by atoms with Gasteiger partial charge in [-0.25, -0.2) is 9.97 Å². The molecule has 1 aromatic heterocycles. The highest BCUT2D eigenvalue weighted by Gasteiger charge is 2.33. The van der Waals surface area contributed by atoms with Crippen LogP contribution >= 0.6 is 0 Å². The second kappa shape index (κ2) is 9.72. The maximum absolute atomic E-state index is 13.1. The average molecular weight is 449 g/mol. The first-order valence-corrected chi connectivity index (χ1v) is 10.7. The fourth-order valence-electron chi connectivity index (χ4n) is 4.12. The summed E-state index contributed by atoms with van der Waals surface area (Å²) in [5.41, 5.74) is -0.641. The lowest BCUT2D eigenvalue weighted by molar-refractivity contribution is -0.138. The van der Waals surface area contributed by atoms with Gasteiger partial charge in [-0.15, -0.1) is 0 Å². The molecule has 2 aromatic rings. The van der Waals surface area contributed by atoms with Crippen molar-refractivity contribution in [3.63, 3.8) is 0 Å². The number of amides is 1. The number of nitrogens with one attached hydrogen (secondary N) is 1. The topological polar surface area (TPSA) is 70.6 Å². The Balaban J connectivity index is 1.31. The van der Waals surface area contributed by atoms with Gasteiger partial charge in [-0.1, -0.05) is 18.2 Å². The van der Waals surface area contributed by atoms with E-state index >= 15 is 0 Å². The number of carbonyl (C=O) groups is 1. The number of nitrogens with zero attached hydrogens (tertiary/aromatic N) is 4. The van der Waals surface area contributed by atoms with Gasteiger partial charge in [0.1, 0.15) is 18.0 Å². The molecule has 0 spiro atoms. The van der Waals surface area contributed by atoms with Gasteiger partial charge in [-0.05, 0) is 24.5 Å². The minimum atomic E-state index is -4.44. The summed E-state index contributed by atoms with van der Waals surface area (Å²) >= 11 is 0. The van der Waals surface area contributed by atoms with Crippen LogP contribution in [0.15, 0.2) is 36.7 Å². The Morgan fingerprint density at radius 1 is 1.03 bits per heavy atom. The van der Waals surface area contributed by atoms with Crippen LogP contribution in [-0.2, 0) is 22.3 Å². The predicted octanol–water partition coefficient (Wildman–Crippen LogP) is 2.86. The van der Waals surface area contributed by atoms with Crippen molar-refractivity contribution < 1.29 is 22.7 Å². The summed E-state index contributed by atoms with van der Waals surface area (Å²) in [4.78, 5) is 25.6. The van der Waals surface area contributed by atoms with Crippen LogP contribution in [0.4, 0.5) is 24.8 Å². The number of aromatic nitrogens is 2. The Labute approximate surface area is 184 Å². The molecule has 172 valence electrons. The Morgan fingerprint density at radius 2 is 1.66 bits per heavy atom. The van der Waals surface area contributed by atoms with Gasteiger partial charge in [0, 0.05) is 44.7 Å². The molecule has 10 heteroatoms. The molecule has 0 saturated carbocycles. The van der Waals surface area contributed by atoms with E-state index in [1.54, 1.807) is 12.4 Å². The zero-order valence-electron chi connectivity index (χ0n) is 17.6. The van der Waals surface area contributed by atoms with E-state index in [9.17, 15) is 18.0 Å². The van der Waals surface area contributed by atoms with Crippen molar-refractivity contribution in [2.45, 2.75) is 25.6 Å². The molecule has 1 aromatic carbocycles. The van der Waals surface area contributed by atoms with Crippen LogP contribution in [0, 0.1) is 5.92 Å². The number of ether oxygens (including phenoxy) is 1. The van der Waals surface area contributed by atoms with E-state index in [2.05, 4.69) is 25.1 Å². The first kappa shape index (κ1) is 22.3. The molecule has 0 radical (unpaired) electrons. The second-order valence-corrected chi connectivity index (χ2v) is 7.97. The number of halogens is 3. The van der Waals surface area contributed by atoms with Gasteiger partial charge in [0.25, 0.3) is 0 Å². The quantitative estimate of drug-likeness (QED) is 0.757. The van der Waals surface area contributed by atoms with Crippen LogP contribution in [0.2, 0.25) is 0 Å². The van der Waals surface area contributed by atoms with Crippen LogP contribution in [0.5, 0.6) is 0 Å². The van der Waals surface area contributed by atoms with Crippen molar-refractivity contribution in [1.29, 1.82) is 0 Å². The number of alkyl halides is 3. The third-order valence-corrected chi connectivity index (χ3v) is 5.94. The number of rotatable bonds is 5. The van der Waals surface area contributed by atoms with Crippen molar-refractivity contribution in [1.82, 2.24) is 15.3 Å². The summed E-state index contributed by atoms with van der Waals surface area (Å²) in [6.07, 6.45) is -1.66. The molecular formula is C22H26F3N5O2. The smallest absolute Gasteiger partial charge is 0.378 e. The van der Waals surface area contributed by atoms with E-state index in [1.165, 1.54) is 12.1 Å². The molecule has 0 atom stereocenters. The van der Waals surface area contributed by atoms with E-state index < -0.39 is 11.7 Å². The number of hydrogen-bond acceptors (Lipinski definition) is 6. The number of morpholine rings is 1. The normalized spacial score (nSPS) is 18.0. The Kier molecular flexibility index (Phi) is 6.78. The van der Waals surface area contributed by atoms with E-state index in [-0.39, 0.29) is 23.9 Å². The summed E-state index contributed by atoms with van der Waals surface area (Å²) in [6, 6.07) is 7.28. The fraction of sp³-hybridized carbons (Fsp3) is 0.500. The first-order chi connectivity index (χ1) is 15.4. The van der Waals surface area contributed by atoms with Crippen molar-refractivity contribution in [2.24, 2.45) is 5.92 Å². The second-order valence-electron chi connectivity index (χ2n) is 7.97. The number of piperidine rings is 1. The van der Waals surface area contributed by atoms with Crippen LogP contribution in [0.3, 0.4) is 0 Å². The minimum Gasteiger partial charge on any atom is -0.378 e. The summed E-state index contributed by atoms with van der Waals surface area (Å²) in [6.45, 7) is 4.09. The first-order valence-electron chi connectivity index (χ1n) is 10.7. The largest absolute Gasteiger partial charge is 0.416 e. The molecule has 0 bridgehead atoms. The third kappa shape index (κ3) is 5.29. The van der Waals surface area contributed by atoms with Crippen LogP contribution in [-0.4, -0.2) is 55.3 Å². The molecule has 1 N–H and O–H groups in total. The molecular weight excluding hydrogens is 423 g/mol. The van der Waals surface area contributed by atoms with Crippen LogP contribution < -0.4 is 15.1 Å². The number of benzene rings is 1. The predicted molar refractivity (Wildman–Crippen MR) is 113 cm³/mol. The van der Waals surface area contributed by atoms with Gasteiger partial charge in [0.15, 0.2) is 0 Å². The molecule has 2 fully saturated rings. The van der Waals surface area contributed by atoms with E-state index in [0.29, 0.717) is 39.1 Å². The highest BCUT2D eigenvalue weighted by Crippen LogP contribution is 2.32. The minimum absolute atomic E-state index is 0.0717. The zero-order valence-corrected chi connectivity index (χ0v) is 17.6. The molecule has 0 unspecified atom stereocenters. The Hall–Kier alpha value is -2.88. The monoisotopic (exact) mass is 449 g/mol. The summed E-state index contributed by atoms with van der Waals surface area (Å²) in [5.74, 6) is 1.24. The van der Waals surface area contributed by atoms with Crippen molar-refractivity contribution in [3.8, 4) is 0 Å². The van der Waals surface area contributed by atoms with Gasteiger partial charge in [-0.2, -0.15) is 13.2 Å². The third-order valence-electron chi connectivity index (χ3n) is 5.94. The molecule has 4 rings (SSSR count). The molecule has 32 heavy (non-hydrogen) atoms. The zero-order chi connectivity index (χ0) is 22.6. The summed E-state index contributed by atoms with van der Waals surface area (Å²) < 4.78 is 44.8. The maximum atomic E-state index is 13.1. The lowest BCUT2D eigenvalue weighted by atomic mass is 9.95. The van der Waals surface area contributed by atoms with Crippen LogP contribution in [0.1, 0.15) is 24.0 Å². The van der Waals surface area contributed by atoms with Crippen molar-refractivity contribution in [3.05, 3.63) is 47.8 Å². The van der Waals surface area contributed by atoms with E-state index in [4.69, 9.17) is 4.74 Å². The lowest BCUT2D eigenvalue weighted by Gasteiger charge is -2.33. The summed E-state index contributed by atoms with van der Waals surface area (Å²) in [7, 11) is 0. The highest BCUT2D eigenvalue weighted by molar-refractivity contribution is 5.79. The SMILES string of the molecule is O=C(NCc1ccccc1C(F)(F)F)C1CCN(c2cc(N3CCOCC3)ncn2)CC1. The average Bonchev–Trinajstić information content (AvgIpc) is 2.83. The Bertz CT molecular complexity index is 926. The maximum Gasteiger partial charge on any atom is 0.416 e. The molecule has 3 heterocycles. The standard InChI is InChI=1S/C22H26F3N5O2/c23-22(24,25)18-4-2-1-3-17(18)14-26-21(31)16-5-7-29(8-6-16)19-13-20(28-15-27-19)30-9-11-32-12-10-30/h1-4,13,15-16H,5-12,14H2,(H,26,31). The molecule has 0 aliphatic carbocycles. The van der Waals surface area contributed by atoms with Gasteiger partial charge in [0.05, 0.1) is 18.8 Å². The van der Waals surface area contributed by atoms with Crippen molar-refractivity contribution >= 4 is 17.5 Å². The number of anilines is 2. The molecule has 1 amide bonds. The van der Waals surface area contributed by atoms with Gasteiger partial charge in [-0.3, -0.25) is 4.79 Å². The molecule has 2 saturated heterocycles.